The van der Waals surface area contributed by atoms with Crippen molar-refractivity contribution in [2.45, 2.75) is 32.9 Å². The van der Waals surface area contributed by atoms with Crippen LogP contribution in [0.1, 0.15) is 38.1 Å². The third-order valence-electron chi connectivity index (χ3n) is 6.33. The first-order valence-electron chi connectivity index (χ1n) is 12.4. The van der Waals surface area contributed by atoms with E-state index >= 15 is 0 Å². The van der Waals surface area contributed by atoms with Crippen LogP contribution in [0.5, 0.6) is 5.75 Å². The fourth-order valence-electron chi connectivity index (χ4n) is 4.63. The van der Waals surface area contributed by atoms with E-state index < -0.39 is 12.0 Å². The molecule has 0 radical (unpaired) electrons. The lowest BCUT2D eigenvalue weighted by Gasteiger charge is -2.26. The van der Waals surface area contributed by atoms with E-state index in [1.165, 1.54) is 15.9 Å². The maximum Gasteiger partial charge on any atom is 0.338 e. The van der Waals surface area contributed by atoms with E-state index in [4.69, 9.17) is 18.6 Å². The summed E-state index contributed by atoms with van der Waals surface area (Å²) in [5.74, 6) is 1.23. The molecule has 9 nitrogen and oxygen atoms in total. The lowest BCUT2D eigenvalue weighted by atomic mass is 9.95. The number of hydrogen-bond acceptors (Lipinski definition) is 9. The number of hydrogen-bond donors (Lipinski definition) is 0. The molecule has 0 unspecified atom stereocenters. The molecule has 1 saturated heterocycles. The first-order chi connectivity index (χ1) is 18.7. The van der Waals surface area contributed by atoms with Gasteiger partial charge in [-0.25, -0.2) is 9.79 Å². The molecule has 0 saturated carbocycles. The van der Waals surface area contributed by atoms with Crippen LogP contribution in [0.4, 0.5) is 5.88 Å². The molecule has 3 aromatic rings. The highest BCUT2D eigenvalue weighted by molar-refractivity contribution is 9.10. The van der Waals surface area contributed by atoms with Gasteiger partial charge >= 0.3 is 5.97 Å². The average molecular weight is 681 g/mol. The van der Waals surface area contributed by atoms with Gasteiger partial charge in [0.2, 0.25) is 5.88 Å². The first-order valence-corrected chi connectivity index (χ1v) is 14.8. The Labute approximate surface area is 245 Å². The Balaban J connectivity index is 1.67. The number of halogens is 2. The van der Waals surface area contributed by atoms with Gasteiger partial charge in [-0.3, -0.25) is 9.36 Å². The number of fused-ring (bicyclic) bond motifs is 1. The van der Waals surface area contributed by atoms with Gasteiger partial charge in [0, 0.05) is 35.3 Å². The molecule has 0 amide bonds. The molecular weight excluding hydrogens is 654 g/mol. The van der Waals surface area contributed by atoms with E-state index in [9.17, 15) is 9.59 Å². The topological polar surface area (TPSA) is 95.5 Å². The van der Waals surface area contributed by atoms with E-state index in [-0.39, 0.29) is 17.2 Å². The zero-order valence-corrected chi connectivity index (χ0v) is 25.8. The van der Waals surface area contributed by atoms with Crippen molar-refractivity contribution in [2.24, 2.45) is 4.99 Å². The van der Waals surface area contributed by atoms with Crippen LogP contribution in [-0.2, 0) is 14.3 Å². The molecular formula is C27H27Br2N3O6S. The number of benzene rings is 1. The normalized spacial score (nSPS) is 17.9. The van der Waals surface area contributed by atoms with Gasteiger partial charge in [-0.05, 0) is 54.9 Å². The minimum absolute atomic E-state index is 0.286. The smallest absolute Gasteiger partial charge is 0.338 e. The zero-order chi connectivity index (χ0) is 27.8. The molecule has 2 aliphatic rings. The van der Waals surface area contributed by atoms with Gasteiger partial charge in [-0.2, -0.15) is 0 Å². The van der Waals surface area contributed by atoms with Gasteiger partial charge in [0.05, 0.1) is 46.7 Å². The molecule has 2 aliphatic heterocycles. The number of thiazole rings is 1. The Hall–Kier alpha value is -2.67. The van der Waals surface area contributed by atoms with Crippen molar-refractivity contribution in [3.05, 3.63) is 75.5 Å². The summed E-state index contributed by atoms with van der Waals surface area (Å²) < 4.78 is 26.3. The number of nitrogens with zero attached hydrogens (tertiary/aromatic N) is 3. The third kappa shape index (κ3) is 5.52. The van der Waals surface area contributed by atoms with Crippen molar-refractivity contribution in [3.63, 3.8) is 0 Å². The number of ether oxygens (including phenoxy) is 3. The number of carbonyl (C=O) groups excluding carboxylic acids is 1. The summed E-state index contributed by atoms with van der Waals surface area (Å²) in [4.78, 5) is 34.5. The van der Waals surface area contributed by atoms with E-state index in [1.54, 1.807) is 40.0 Å². The zero-order valence-electron chi connectivity index (χ0n) is 21.8. The van der Waals surface area contributed by atoms with Crippen LogP contribution in [-0.4, -0.2) is 50.1 Å². The molecule has 0 bridgehead atoms. The summed E-state index contributed by atoms with van der Waals surface area (Å²) in [6.45, 7) is 8.01. The second kappa shape index (κ2) is 11.4. The lowest BCUT2D eigenvalue weighted by molar-refractivity contribution is -0.143. The van der Waals surface area contributed by atoms with Crippen LogP contribution >= 0.6 is 43.2 Å². The van der Waals surface area contributed by atoms with Crippen molar-refractivity contribution in [1.82, 2.24) is 4.57 Å². The van der Waals surface area contributed by atoms with Crippen LogP contribution in [0.2, 0.25) is 0 Å². The van der Waals surface area contributed by atoms with Gasteiger partial charge in [0.15, 0.2) is 4.80 Å². The highest BCUT2D eigenvalue weighted by Crippen LogP contribution is 2.37. The molecule has 5 rings (SSSR count). The number of furan rings is 1. The van der Waals surface area contributed by atoms with E-state index in [0.29, 0.717) is 51.2 Å². The fraction of sp³-hybridized carbons (Fsp3) is 0.370. The molecule has 4 heterocycles. The minimum Gasteiger partial charge on any atom is -0.496 e. The summed E-state index contributed by atoms with van der Waals surface area (Å²) in [7, 11) is 1.56. The standard InChI is InChI=1S/C27H27Br2N3O6S/c1-14(2)37-26(34)22-15(3)30-27-32(23(22)18-11-16(28)5-6-20(18)35-4)24(33)21(39-27)13-17-12-19(29)25(38-17)31-7-9-36-10-8-31/h5-6,11-14,23H,7-10H2,1-4H3/b21-13-/t23-/m1/s1. The summed E-state index contributed by atoms with van der Waals surface area (Å²) in [6, 6.07) is 6.53. The van der Waals surface area contributed by atoms with Gasteiger partial charge < -0.3 is 23.5 Å². The van der Waals surface area contributed by atoms with Gasteiger partial charge in [-0.1, -0.05) is 27.3 Å². The number of carbonyl (C=O) groups is 1. The predicted molar refractivity (Wildman–Crippen MR) is 155 cm³/mol. The highest BCUT2D eigenvalue weighted by atomic mass is 79.9. The Morgan fingerprint density at radius 3 is 2.67 bits per heavy atom. The highest BCUT2D eigenvalue weighted by Gasteiger charge is 2.35. The second-order valence-electron chi connectivity index (χ2n) is 9.32. The quantitative estimate of drug-likeness (QED) is 0.361. The summed E-state index contributed by atoms with van der Waals surface area (Å²) in [5, 5.41) is 0. The molecule has 0 aliphatic carbocycles. The minimum atomic E-state index is -0.797. The molecule has 39 heavy (non-hydrogen) atoms. The first kappa shape index (κ1) is 27.9. The predicted octanol–water partition coefficient (Wildman–Crippen LogP) is 4.15. The van der Waals surface area contributed by atoms with Gasteiger partial charge in [-0.15, -0.1) is 0 Å². The number of rotatable bonds is 6. The summed E-state index contributed by atoms with van der Waals surface area (Å²) >= 11 is 8.34. The number of esters is 1. The third-order valence-corrected chi connectivity index (χ3v) is 8.37. The largest absolute Gasteiger partial charge is 0.496 e. The van der Waals surface area contributed by atoms with E-state index in [2.05, 4.69) is 41.8 Å². The Kier molecular flexibility index (Phi) is 8.18. The van der Waals surface area contributed by atoms with Crippen molar-refractivity contribution >= 4 is 61.1 Å². The van der Waals surface area contributed by atoms with Crippen LogP contribution in [0.3, 0.4) is 0 Å². The monoisotopic (exact) mass is 679 g/mol. The Morgan fingerprint density at radius 1 is 1.23 bits per heavy atom. The SMILES string of the molecule is COc1ccc(Br)cc1[C@@H]1C(C(=O)OC(C)C)=C(C)N=c2s/c(=C\c3cc(Br)c(N4CCOCC4)o3)c(=O)n21. The molecule has 1 aromatic carbocycles. The van der Waals surface area contributed by atoms with Gasteiger partial charge in [0.25, 0.3) is 5.56 Å². The Morgan fingerprint density at radius 2 is 1.97 bits per heavy atom. The molecule has 2 aromatic heterocycles. The number of allylic oxidation sites excluding steroid dienone is 1. The number of anilines is 1. The van der Waals surface area contributed by atoms with Crippen molar-refractivity contribution in [1.29, 1.82) is 0 Å². The van der Waals surface area contributed by atoms with Gasteiger partial charge in [0.1, 0.15) is 17.6 Å². The fourth-order valence-corrected chi connectivity index (χ4v) is 6.60. The molecule has 0 N–H and O–H groups in total. The van der Waals surface area contributed by atoms with Crippen LogP contribution in [0, 0.1) is 0 Å². The lowest BCUT2D eigenvalue weighted by Crippen LogP contribution is -2.40. The van der Waals surface area contributed by atoms with Crippen LogP contribution < -0.4 is 24.5 Å². The Bertz CT molecular complexity index is 1630. The van der Waals surface area contributed by atoms with E-state index in [1.807, 2.05) is 18.2 Å². The number of methoxy groups -OCH3 is 1. The van der Waals surface area contributed by atoms with E-state index in [0.717, 1.165) is 22.0 Å². The second-order valence-corrected chi connectivity index (χ2v) is 12.1. The van der Waals surface area contributed by atoms with Crippen LogP contribution in [0.15, 0.2) is 58.7 Å². The molecule has 206 valence electrons. The average Bonchev–Trinajstić information content (AvgIpc) is 3.41. The van der Waals surface area contributed by atoms with Crippen LogP contribution in [0.25, 0.3) is 6.08 Å². The van der Waals surface area contributed by atoms with Crippen molar-refractivity contribution in [2.75, 3.05) is 38.3 Å². The molecule has 12 heteroatoms. The summed E-state index contributed by atoms with van der Waals surface area (Å²) in [6.07, 6.45) is 1.37. The van der Waals surface area contributed by atoms with Crippen molar-refractivity contribution in [3.8, 4) is 5.75 Å². The molecule has 1 atom stereocenters. The molecule has 1 fully saturated rings. The molecule has 0 spiro atoms. The maximum absolute atomic E-state index is 14.0. The summed E-state index contributed by atoms with van der Waals surface area (Å²) in [5.41, 5.74) is 1.11. The number of aromatic nitrogens is 1. The maximum atomic E-state index is 14.0. The van der Waals surface area contributed by atoms with Crippen molar-refractivity contribution < 1.29 is 23.4 Å². The number of morpholine rings is 1.